The quantitative estimate of drug-likeness (QED) is 0.793. The number of rotatable bonds is 3. The van der Waals surface area contributed by atoms with Gasteiger partial charge in [-0.25, -0.2) is 4.98 Å². The van der Waals surface area contributed by atoms with Crippen molar-refractivity contribution in [2.45, 2.75) is 25.9 Å². The fourth-order valence-electron chi connectivity index (χ4n) is 3.30. The molecule has 1 aromatic heterocycles. The molecule has 1 aliphatic rings. The Balaban J connectivity index is 1.44. The van der Waals surface area contributed by atoms with Crippen LogP contribution in [0, 0.1) is 5.92 Å². The number of fused-ring (bicyclic) bond motifs is 3. The van der Waals surface area contributed by atoms with Crippen LogP contribution in [0.5, 0.6) is 0 Å². The number of para-hydroxylation sites is 2. The summed E-state index contributed by atoms with van der Waals surface area (Å²) in [4.78, 5) is 17.2. The number of carbonyl (C=O) groups excluding carboxylic acids is 1. The number of benzene rings is 2. The zero-order chi connectivity index (χ0) is 16.5. The Morgan fingerprint density at radius 2 is 2.00 bits per heavy atom. The van der Waals surface area contributed by atoms with Crippen molar-refractivity contribution < 1.29 is 4.79 Å². The van der Waals surface area contributed by atoms with Crippen LogP contribution >= 0.6 is 11.6 Å². The molecule has 1 unspecified atom stereocenters. The first kappa shape index (κ1) is 15.2. The molecule has 1 amide bonds. The van der Waals surface area contributed by atoms with Crippen LogP contribution in [0.2, 0.25) is 5.02 Å². The number of aromatic nitrogens is 2. The number of imidazole rings is 1. The number of nitrogens with zero attached hydrogens (tertiary/aromatic N) is 2. The molecular weight excluding hydrogens is 322 g/mol. The molecule has 0 aliphatic carbocycles. The zero-order valence-electron chi connectivity index (χ0n) is 13.2. The lowest BCUT2D eigenvalue weighted by Gasteiger charge is -2.23. The van der Waals surface area contributed by atoms with Crippen LogP contribution in [0.25, 0.3) is 11.0 Å². The number of nitrogens with one attached hydrogen (secondary N) is 1. The maximum absolute atomic E-state index is 12.5. The molecule has 24 heavy (non-hydrogen) atoms. The topological polar surface area (TPSA) is 46.9 Å². The van der Waals surface area contributed by atoms with E-state index in [9.17, 15) is 4.79 Å². The third-order valence-electron chi connectivity index (χ3n) is 4.61. The number of halogens is 1. The normalized spacial score (nSPS) is 16.8. The third kappa shape index (κ3) is 2.89. The Hall–Kier alpha value is -2.33. The summed E-state index contributed by atoms with van der Waals surface area (Å²) in [5.74, 6) is 1.10. The van der Waals surface area contributed by atoms with Crippen molar-refractivity contribution in [1.29, 1.82) is 0 Å². The van der Waals surface area contributed by atoms with Gasteiger partial charge in [0, 0.05) is 30.5 Å². The van der Waals surface area contributed by atoms with Gasteiger partial charge in [-0.1, -0.05) is 35.9 Å². The summed E-state index contributed by atoms with van der Waals surface area (Å²) in [6.07, 6.45) is 1.54. The van der Waals surface area contributed by atoms with E-state index in [0.29, 0.717) is 18.0 Å². The smallest absolute Gasteiger partial charge is 0.223 e. The van der Waals surface area contributed by atoms with Gasteiger partial charge in [0.05, 0.1) is 11.0 Å². The summed E-state index contributed by atoms with van der Waals surface area (Å²) >= 11 is 5.88. The van der Waals surface area contributed by atoms with Crippen LogP contribution in [0.4, 0.5) is 0 Å². The van der Waals surface area contributed by atoms with E-state index >= 15 is 0 Å². The molecule has 1 atom stereocenters. The second-order valence-electron chi connectivity index (χ2n) is 6.20. The van der Waals surface area contributed by atoms with Crippen LogP contribution in [0.1, 0.15) is 17.8 Å². The highest BCUT2D eigenvalue weighted by molar-refractivity contribution is 6.30. The molecule has 2 aromatic carbocycles. The monoisotopic (exact) mass is 339 g/mol. The second-order valence-corrected chi connectivity index (χ2v) is 6.64. The number of aryl methyl sites for hydroxylation is 1. The van der Waals surface area contributed by atoms with E-state index in [1.54, 1.807) is 0 Å². The molecule has 3 aromatic rings. The predicted molar refractivity (Wildman–Crippen MR) is 94.8 cm³/mol. The van der Waals surface area contributed by atoms with Crippen molar-refractivity contribution in [2.75, 3.05) is 0 Å². The first-order chi connectivity index (χ1) is 11.7. The lowest BCUT2D eigenvalue weighted by atomic mass is 9.96. The summed E-state index contributed by atoms with van der Waals surface area (Å²) in [6.45, 7) is 1.37. The number of hydrogen-bond donors (Lipinski definition) is 1. The van der Waals surface area contributed by atoms with Gasteiger partial charge in [0.2, 0.25) is 5.91 Å². The van der Waals surface area contributed by atoms with E-state index in [1.807, 2.05) is 42.5 Å². The Morgan fingerprint density at radius 1 is 1.21 bits per heavy atom. The minimum absolute atomic E-state index is 0.0124. The number of carbonyl (C=O) groups is 1. The van der Waals surface area contributed by atoms with Crippen molar-refractivity contribution in [2.24, 2.45) is 5.92 Å². The van der Waals surface area contributed by atoms with Gasteiger partial charge in [0.15, 0.2) is 0 Å². The van der Waals surface area contributed by atoms with Crippen molar-refractivity contribution in [1.82, 2.24) is 14.9 Å². The van der Waals surface area contributed by atoms with Crippen molar-refractivity contribution in [3.8, 4) is 0 Å². The summed E-state index contributed by atoms with van der Waals surface area (Å²) in [7, 11) is 0. The first-order valence-corrected chi connectivity index (χ1v) is 8.55. The summed E-state index contributed by atoms with van der Waals surface area (Å²) in [5.41, 5.74) is 3.22. The number of amides is 1. The molecule has 0 radical (unpaired) electrons. The highest BCUT2D eigenvalue weighted by Crippen LogP contribution is 2.25. The Kier molecular flexibility index (Phi) is 3.98. The van der Waals surface area contributed by atoms with Crippen LogP contribution < -0.4 is 5.32 Å². The van der Waals surface area contributed by atoms with Crippen molar-refractivity contribution >= 4 is 28.5 Å². The van der Waals surface area contributed by atoms with Gasteiger partial charge in [0.1, 0.15) is 5.82 Å². The van der Waals surface area contributed by atoms with Gasteiger partial charge in [-0.2, -0.15) is 0 Å². The first-order valence-electron chi connectivity index (χ1n) is 8.17. The van der Waals surface area contributed by atoms with Crippen LogP contribution in [0.3, 0.4) is 0 Å². The van der Waals surface area contributed by atoms with Gasteiger partial charge >= 0.3 is 0 Å². The van der Waals surface area contributed by atoms with E-state index in [4.69, 9.17) is 11.6 Å². The maximum atomic E-state index is 12.5. The fourth-order valence-corrected chi connectivity index (χ4v) is 3.42. The predicted octanol–water partition coefficient (Wildman–Crippen LogP) is 3.57. The van der Waals surface area contributed by atoms with Crippen LogP contribution in [-0.2, 0) is 24.3 Å². The summed E-state index contributed by atoms with van der Waals surface area (Å²) < 4.78 is 2.23. The van der Waals surface area contributed by atoms with E-state index in [-0.39, 0.29) is 11.8 Å². The molecule has 1 aliphatic heterocycles. The lowest BCUT2D eigenvalue weighted by molar-refractivity contribution is -0.125. The SMILES string of the molecule is O=C(NCc1ccc(Cl)cc1)C1CCn2c(nc3ccccc32)C1. The van der Waals surface area contributed by atoms with E-state index < -0.39 is 0 Å². The van der Waals surface area contributed by atoms with Crippen molar-refractivity contribution in [3.05, 3.63) is 64.9 Å². The Labute approximate surface area is 145 Å². The van der Waals surface area contributed by atoms with E-state index in [2.05, 4.69) is 20.9 Å². The van der Waals surface area contributed by atoms with Crippen LogP contribution in [0.15, 0.2) is 48.5 Å². The van der Waals surface area contributed by atoms with Gasteiger partial charge in [-0.05, 0) is 36.2 Å². The molecule has 5 heteroatoms. The second kappa shape index (κ2) is 6.29. The van der Waals surface area contributed by atoms with Gasteiger partial charge in [-0.3, -0.25) is 4.79 Å². The molecule has 2 heterocycles. The minimum Gasteiger partial charge on any atom is -0.352 e. The molecule has 0 saturated carbocycles. The standard InChI is InChI=1S/C19H18ClN3O/c20-15-7-5-13(6-8-15)12-21-19(24)14-9-10-23-17-4-2-1-3-16(17)22-18(23)11-14/h1-8,14H,9-12H2,(H,21,24). The lowest BCUT2D eigenvalue weighted by Crippen LogP contribution is -2.35. The molecule has 4 rings (SSSR count). The zero-order valence-corrected chi connectivity index (χ0v) is 14.0. The third-order valence-corrected chi connectivity index (χ3v) is 4.87. The molecule has 122 valence electrons. The van der Waals surface area contributed by atoms with E-state index in [0.717, 1.165) is 35.4 Å². The molecule has 0 spiro atoms. The van der Waals surface area contributed by atoms with E-state index in [1.165, 1.54) is 0 Å². The highest BCUT2D eigenvalue weighted by Gasteiger charge is 2.26. The average Bonchev–Trinajstić information content (AvgIpc) is 2.98. The van der Waals surface area contributed by atoms with Crippen LogP contribution in [-0.4, -0.2) is 15.5 Å². The summed E-state index contributed by atoms with van der Waals surface area (Å²) in [5, 5.41) is 3.74. The molecule has 1 N–H and O–H groups in total. The molecule has 4 nitrogen and oxygen atoms in total. The molecule has 0 saturated heterocycles. The number of hydrogen-bond acceptors (Lipinski definition) is 2. The van der Waals surface area contributed by atoms with Gasteiger partial charge in [0.25, 0.3) is 0 Å². The van der Waals surface area contributed by atoms with Gasteiger partial charge < -0.3 is 9.88 Å². The highest BCUT2D eigenvalue weighted by atomic mass is 35.5. The maximum Gasteiger partial charge on any atom is 0.223 e. The Bertz CT molecular complexity index is 885. The van der Waals surface area contributed by atoms with Gasteiger partial charge in [-0.15, -0.1) is 0 Å². The fraction of sp³-hybridized carbons (Fsp3) is 0.263. The average molecular weight is 340 g/mol. The molecule has 0 bridgehead atoms. The Morgan fingerprint density at radius 3 is 2.83 bits per heavy atom. The molecular formula is C19H18ClN3O. The minimum atomic E-state index is -0.0124. The largest absolute Gasteiger partial charge is 0.352 e. The summed E-state index contributed by atoms with van der Waals surface area (Å²) in [6, 6.07) is 15.7. The van der Waals surface area contributed by atoms with Crippen molar-refractivity contribution in [3.63, 3.8) is 0 Å². The molecule has 0 fully saturated rings.